The van der Waals surface area contributed by atoms with Crippen molar-refractivity contribution in [2.75, 3.05) is 4.72 Å². The van der Waals surface area contributed by atoms with E-state index in [4.69, 9.17) is 28.3 Å². The van der Waals surface area contributed by atoms with Crippen molar-refractivity contribution in [3.05, 3.63) is 58.4 Å². The first kappa shape index (κ1) is 20.1. The van der Waals surface area contributed by atoms with Crippen molar-refractivity contribution in [1.29, 1.82) is 0 Å². The van der Waals surface area contributed by atoms with Crippen LogP contribution in [0.2, 0.25) is 10.0 Å². The second kappa shape index (κ2) is 7.56. The Kier molecular flexibility index (Phi) is 6.08. The van der Waals surface area contributed by atoms with Gasteiger partial charge in [0.1, 0.15) is 0 Å². The molecule has 134 valence electrons. The molecule has 0 unspecified atom stereocenters. The lowest BCUT2D eigenvalue weighted by atomic mass is 10.3. The van der Waals surface area contributed by atoms with Crippen molar-refractivity contribution in [2.24, 2.45) is 5.14 Å². The van der Waals surface area contributed by atoms with Crippen LogP contribution in [-0.2, 0) is 20.0 Å². The van der Waals surface area contributed by atoms with E-state index in [1.165, 1.54) is 24.3 Å². The molecule has 0 heterocycles. The van der Waals surface area contributed by atoms with Gasteiger partial charge in [0.2, 0.25) is 10.0 Å². The summed E-state index contributed by atoms with van der Waals surface area (Å²) < 4.78 is 48.9. The van der Waals surface area contributed by atoms with Gasteiger partial charge in [-0.25, -0.2) is 22.0 Å². The number of hydrogen-bond acceptors (Lipinski definition) is 5. The molecular weight excluding hydrogens is 427 g/mol. The van der Waals surface area contributed by atoms with Gasteiger partial charge in [-0.05, 0) is 36.4 Å². The van der Waals surface area contributed by atoms with Crippen LogP contribution < -0.4 is 9.86 Å². The van der Waals surface area contributed by atoms with E-state index in [2.05, 4.69) is 11.3 Å². The minimum atomic E-state index is -3.97. The first-order valence-electron chi connectivity index (χ1n) is 6.47. The Bertz CT molecular complexity index is 1040. The summed E-state index contributed by atoms with van der Waals surface area (Å²) in [5.74, 6) is 0. The van der Waals surface area contributed by atoms with Crippen molar-refractivity contribution >= 4 is 60.7 Å². The molecular formula is C14H12Cl2N2O4S3. The summed E-state index contributed by atoms with van der Waals surface area (Å²) in [6.45, 7) is 3.21. The molecule has 0 bridgehead atoms. The van der Waals surface area contributed by atoms with E-state index < -0.39 is 20.0 Å². The number of hydrogen-bond donors (Lipinski definition) is 2. The predicted octanol–water partition coefficient (Wildman–Crippen LogP) is 3.68. The lowest BCUT2D eigenvalue weighted by molar-refractivity contribution is 0.597. The summed E-state index contributed by atoms with van der Waals surface area (Å²) in [7, 11) is -7.75. The highest BCUT2D eigenvalue weighted by molar-refractivity contribution is 8.00. The second-order valence-corrected chi connectivity index (χ2v) is 9.81. The van der Waals surface area contributed by atoms with E-state index in [9.17, 15) is 16.8 Å². The SMILES string of the molecule is C=CS(=O)(=O)Nc1ccc(S(N)(=O)=O)cc1Sc1ccc(Cl)cc1Cl. The zero-order chi connectivity index (χ0) is 18.8. The minimum Gasteiger partial charge on any atom is -0.279 e. The van der Waals surface area contributed by atoms with Gasteiger partial charge in [-0.3, -0.25) is 4.72 Å². The van der Waals surface area contributed by atoms with Crippen molar-refractivity contribution in [1.82, 2.24) is 0 Å². The molecule has 6 nitrogen and oxygen atoms in total. The molecule has 0 aliphatic heterocycles. The molecule has 3 N–H and O–H groups in total. The molecule has 0 radical (unpaired) electrons. The lowest BCUT2D eigenvalue weighted by Crippen LogP contribution is -2.13. The fraction of sp³-hybridized carbons (Fsp3) is 0. The first-order chi connectivity index (χ1) is 11.5. The highest BCUT2D eigenvalue weighted by Gasteiger charge is 2.16. The molecule has 0 spiro atoms. The molecule has 0 fully saturated rings. The number of halogens is 2. The molecule has 2 aromatic rings. The number of rotatable bonds is 6. The van der Waals surface area contributed by atoms with Crippen molar-refractivity contribution in [3.8, 4) is 0 Å². The highest BCUT2D eigenvalue weighted by atomic mass is 35.5. The fourth-order valence-corrected chi connectivity index (χ4v) is 4.44. The maximum absolute atomic E-state index is 11.7. The smallest absolute Gasteiger partial charge is 0.254 e. The largest absolute Gasteiger partial charge is 0.279 e. The van der Waals surface area contributed by atoms with Crippen LogP contribution in [0, 0.1) is 0 Å². The summed E-state index contributed by atoms with van der Waals surface area (Å²) in [5, 5.41) is 6.64. The molecule has 0 amide bonds. The van der Waals surface area contributed by atoms with E-state index in [1.54, 1.807) is 12.1 Å². The Morgan fingerprint density at radius 1 is 1.04 bits per heavy atom. The Morgan fingerprint density at radius 3 is 2.28 bits per heavy atom. The van der Waals surface area contributed by atoms with Crippen LogP contribution in [0.4, 0.5) is 5.69 Å². The second-order valence-electron chi connectivity index (χ2n) is 4.69. The minimum absolute atomic E-state index is 0.156. The highest BCUT2D eigenvalue weighted by Crippen LogP contribution is 2.39. The molecule has 25 heavy (non-hydrogen) atoms. The number of benzene rings is 2. The summed E-state index contributed by atoms with van der Waals surface area (Å²) in [5.41, 5.74) is 0.156. The third-order valence-electron chi connectivity index (χ3n) is 2.87. The van der Waals surface area contributed by atoms with Gasteiger partial charge in [0.25, 0.3) is 10.0 Å². The number of nitrogens with two attached hydrogens (primary N) is 1. The van der Waals surface area contributed by atoms with Crippen molar-refractivity contribution in [2.45, 2.75) is 14.7 Å². The predicted molar refractivity (Wildman–Crippen MR) is 101 cm³/mol. The monoisotopic (exact) mass is 438 g/mol. The molecule has 0 aromatic heterocycles. The average Bonchev–Trinajstić information content (AvgIpc) is 2.50. The third kappa shape index (κ3) is 5.37. The van der Waals surface area contributed by atoms with Crippen LogP contribution in [0.25, 0.3) is 0 Å². The van der Waals surface area contributed by atoms with Gasteiger partial charge in [-0.2, -0.15) is 0 Å². The average molecular weight is 439 g/mol. The Labute approximate surface area is 160 Å². The van der Waals surface area contributed by atoms with E-state index >= 15 is 0 Å². The zero-order valence-electron chi connectivity index (χ0n) is 12.4. The van der Waals surface area contributed by atoms with Crippen molar-refractivity contribution in [3.63, 3.8) is 0 Å². The molecule has 0 aliphatic carbocycles. The van der Waals surface area contributed by atoms with Gasteiger partial charge in [-0.15, -0.1) is 0 Å². The van der Waals surface area contributed by atoms with Crippen LogP contribution in [0.5, 0.6) is 0 Å². The Morgan fingerprint density at radius 2 is 1.72 bits per heavy atom. The summed E-state index contributed by atoms with van der Waals surface area (Å²) >= 11 is 13.0. The van der Waals surface area contributed by atoms with Gasteiger partial charge in [0.05, 0.1) is 15.6 Å². The van der Waals surface area contributed by atoms with Gasteiger partial charge >= 0.3 is 0 Å². The number of nitrogens with one attached hydrogen (secondary N) is 1. The fourth-order valence-electron chi connectivity index (χ4n) is 1.72. The first-order valence-corrected chi connectivity index (χ1v) is 11.1. The maximum Gasteiger partial charge on any atom is 0.254 e. The number of primary sulfonamides is 1. The van der Waals surface area contributed by atoms with E-state index in [1.807, 2.05) is 0 Å². The van der Waals surface area contributed by atoms with Crippen molar-refractivity contribution < 1.29 is 16.8 Å². The molecule has 0 aliphatic rings. The molecule has 0 saturated carbocycles. The van der Waals surface area contributed by atoms with Gasteiger partial charge in [0.15, 0.2) is 0 Å². The van der Waals surface area contributed by atoms with E-state index in [-0.39, 0.29) is 10.6 Å². The van der Waals surface area contributed by atoms with Crippen LogP contribution in [-0.4, -0.2) is 16.8 Å². The van der Waals surface area contributed by atoms with Gasteiger partial charge in [-0.1, -0.05) is 41.5 Å². The third-order valence-corrected chi connectivity index (χ3v) is 6.51. The molecule has 11 heteroatoms. The molecule has 0 saturated heterocycles. The number of anilines is 1. The quantitative estimate of drug-likeness (QED) is 0.714. The van der Waals surface area contributed by atoms with Crippen LogP contribution in [0.15, 0.2) is 63.1 Å². The molecule has 0 atom stereocenters. The van der Waals surface area contributed by atoms with Gasteiger partial charge in [0, 0.05) is 20.2 Å². The summed E-state index contributed by atoms with van der Waals surface area (Å²) in [6, 6.07) is 8.50. The van der Waals surface area contributed by atoms with Crippen LogP contribution in [0.3, 0.4) is 0 Å². The lowest BCUT2D eigenvalue weighted by Gasteiger charge is -2.13. The van der Waals surface area contributed by atoms with E-state index in [0.29, 0.717) is 19.8 Å². The van der Waals surface area contributed by atoms with Crippen LogP contribution >= 0.6 is 35.0 Å². The summed E-state index contributed by atoms with van der Waals surface area (Å²) in [4.78, 5) is 0.680. The standard InChI is InChI=1S/C14H12Cl2N2O4S3/c1-2-24(19,20)18-12-5-4-10(25(17,21)22)8-14(12)23-13-6-3-9(15)7-11(13)16/h2-8,18H,1H2,(H2,17,21,22). The van der Waals surface area contributed by atoms with E-state index in [0.717, 1.165) is 17.2 Å². The number of sulfonamides is 2. The van der Waals surface area contributed by atoms with Gasteiger partial charge < -0.3 is 0 Å². The molecule has 2 aromatic carbocycles. The Hall–Kier alpha value is -1.23. The molecule has 2 rings (SSSR count). The normalized spacial score (nSPS) is 12.0. The Balaban J connectivity index is 2.56. The van der Waals surface area contributed by atoms with Crippen LogP contribution in [0.1, 0.15) is 0 Å². The topological polar surface area (TPSA) is 106 Å². The zero-order valence-corrected chi connectivity index (χ0v) is 16.4. The summed E-state index contributed by atoms with van der Waals surface area (Å²) in [6.07, 6.45) is 0. The maximum atomic E-state index is 11.7.